The summed E-state index contributed by atoms with van der Waals surface area (Å²) >= 11 is 0. The average Bonchev–Trinajstić information content (AvgIpc) is 2.18. The van der Waals surface area contributed by atoms with E-state index in [1.807, 2.05) is 6.92 Å². The van der Waals surface area contributed by atoms with Crippen LogP contribution in [0.25, 0.3) is 0 Å². The topological polar surface area (TPSA) is 49.4 Å². The van der Waals surface area contributed by atoms with Gasteiger partial charge in [-0.3, -0.25) is 4.90 Å². The summed E-state index contributed by atoms with van der Waals surface area (Å²) in [7, 11) is -2.87. The van der Waals surface area contributed by atoms with E-state index in [2.05, 4.69) is 24.1 Å². The minimum absolute atomic E-state index is 0.134. The highest BCUT2D eigenvalue weighted by molar-refractivity contribution is 7.90. The molecule has 0 aromatic rings. The zero-order valence-corrected chi connectivity index (χ0v) is 12.3. The fourth-order valence-electron chi connectivity index (χ4n) is 2.69. The molecule has 3 atom stereocenters. The molecule has 1 N–H and O–H groups in total. The Balaban J connectivity index is 2.49. The van der Waals surface area contributed by atoms with E-state index in [0.29, 0.717) is 12.0 Å². The molecular weight excluding hydrogens is 236 g/mol. The molecule has 0 aromatic carbocycles. The van der Waals surface area contributed by atoms with Crippen molar-refractivity contribution in [3.8, 4) is 0 Å². The van der Waals surface area contributed by atoms with Crippen LogP contribution >= 0.6 is 0 Å². The number of likely N-dealkylation sites (tertiary alicyclic amines) is 1. The molecule has 0 bridgehead atoms. The average molecular weight is 262 g/mol. The molecule has 0 aliphatic carbocycles. The quantitative estimate of drug-likeness (QED) is 0.794. The van der Waals surface area contributed by atoms with Gasteiger partial charge in [-0.15, -0.1) is 0 Å². The number of hydrogen-bond donors (Lipinski definition) is 1. The summed E-state index contributed by atoms with van der Waals surface area (Å²) in [6, 6.07) is 0.719. The second kappa shape index (κ2) is 6.16. The summed E-state index contributed by atoms with van der Waals surface area (Å²) in [4.78, 5) is 2.31. The molecule has 102 valence electrons. The Kier molecular flexibility index (Phi) is 5.41. The monoisotopic (exact) mass is 262 g/mol. The smallest absolute Gasteiger partial charge is 0.148 e. The second-order valence-electron chi connectivity index (χ2n) is 5.37. The van der Waals surface area contributed by atoms with Gasteiger partial charge in [-0.25, -0.2) is 8.42 Å². The minimum Gasteiger partial charge on any atom is -0.314 e. The molecule has 4 nitrogen and oxygen atoms in total. The first-order chi connectivity index (χ1) is 7.83. The molecule has 17 heavy (non-hydrogen) atoms. The zero-order chi connectivity index (χ0) is 13.1. The van der Waals surface area contributed by atoms with Gasteiger partial charge in [-0.2, -0.15) is 0 Å². The predicted molar refractivity (Wildman–Crippen MR) is 72.0 cm³/mol. The van der Waals surface area contributed by atoms with E-state index in [0.717, 1.165) is 26.1 Å². The van der Waals surface area contributed by atoms with Crippen molar-refractivity contribution in [1.82, 2.24) is 10.2 Å². The van der Waals surface area contributed by atoms with Gasteiger partial charge in [-0.05, 0) is 32.4 Å². The Morgan fingerprint density at radius 2 is 2.12 bits per heavy atom. The first-order valence-corrected chi connectivity index (χ1v) is 8.54. The van der Waals surface area contributed by atoms with Crippen LogP contribution in [0.4, 0.5) is 0 Å². The molecule has 1 aliphatic rings. The van der Waals surface area contributed by atoms with E-state index in [1.54, 1.807) is 0 Å². The molecule has 1 saturated heterocycles. The van der Waals surface area contributed by atoms with Crippen LogP contribution < -0.4 is 5.32 Å². The Labute approximate surface area is 106 Å². The van der Waals surface area contributed by atoms with Crippen molar-refractivity contribution in [1.29, 1.82) is 0 Å². The number of nitrogens with zero attached hydrogens (tertiary/aromatic N) is 1. The van der Waals surface area contributed by atoms with Crippen molar-refractivity contribution in [3.63, 3.8) is 0 Å². The summed E-state index contributed by atoms with van der Waals surface area (Å²) in [6.07, 6.45) is 2.43. The van der Waals surface area contributed by atoms with Gasteiger partial charge in [0.05, 0.1) is 5.75 Å². The summed E-state index contributed by atoms with van der Waals surface area (Å²) in [5, 5.41) is 3.50. The van der Waals surface area contributed by atoms with Crippen LogP contribution in [-0.2, 0) is 9.84 Å². The SMILES string of the molecule is CCNC1CCN(C(C)CS(C)(=O)=O)CC1C. The number of nitrogens with one attached hydrogen (secondary N) is 1. The van der Waals surface area contributed by atoms with Gasteiger partial charge >= 0.3 is 0 Å². The largest absolute Gasteiger partial charge is 0.314 e. The summed E-state index contributed by atoms with van der Waals surface area (Å²) in [5.74, 6) is 0.858. The zero-order valence-electron chi connectivity index (χ0n) is 11.4. The highest BCUT2D eigenvalue weighted by Crippen LogP contribution is 2.19. The van der Waals surface area contributed by atoms with Gasteiger partial charge in [0, 0.05) is 24.9 Å². The first kappa shape index (κ1) is 14.9. The van der Waals surface area contributed by atoms with Gasteiger partial charge in [0.2, 0.25) is 0 Å². The van der Waals surface area contributed by atoms with Crippen molar-refractivity contribution in [2.75, 3.05) is 31.6 Å². The van der Waals surface area contributed by atoms with Gasteiger partial charge in [0.1, 0.15) is 9.84 Å². The molecule has 0 saturated carbocycles. The lowest BCUT2D eigenvalue weighted by atomic mass is 9.93. The summed E-state index contributed by atoms with van der Waals surface area (Å²) in [6.45, 7) is 9.39. The predicted octanol–water partition coefficient (Wildman–Crippen LogP) is 0.739. The van der Waals surface area contributed by atoms with E-state index in [1.165, 1.54) is 6.26 Å². The molecule has 1 aliphatic heterocycles. The summed E-state index contributed by atoms with van der Waals surface area (Å²) in [5.41, 5.74) is 0. The highest BCUT2D eigenvalue weighted by atomic mass is 32.2. The third-order valence-corrected chi connectivity index (χ3v) is 4.66. The Bertz CT molecular complexity index is 329. The molecule has 0 aromatic heterocycles. The Morgan fingerprint density at radius 3 is 2.59 bits per heavy atom. The van der Waals surface area contributed by atoms with Crippen LogP contribution in [0, 0.1) is 5.92 Å². The second-order valence-corrected chi connectivity index (χ2v) is 7.55. The van der Waals surface area contributed by atoms with E-state index in [-0.39, 0.29) is 11.8 Å². The van der Waals surface area contributed by atoms with E-state index < -0.39 is 9.84 Å². The van der Waals surface area contributed by atoms with E-state index in [4.69, 9.17) is 0 Å². The molecule has 1 rings (SSSR count). The molecule has 0 spiro atoms. The lowest BCUT2D eigenvalue weighted by molar-refractivity contribution is 0.120. The van der Waals surface area contributed by atoms with Crippen molar-refractivity contribution in [2.24, 2.45) is 5.92 Å². The van der Waals surface area contributed by atoms with Gasteiger partial charge < -0.3 is 5.32 Å². The Hall–Kier alpha value is -0.130. The Morgan fingerprint density at radius 1 is 1.47 bits per heavy atom. The molecule has 0 amide bonds. The fraction of sp³-hybridized carbons (Fsp3) is 1.00. The number of piperidine rings is 1. The molecule has 0 radical (unpaired) electrons. The van der Waals surface area contributed by atoms with Crippen LogP contribution in [0.15, 0.2) is 0 Å². The lowest BCUT2D eigenvalue weighted by Crippen LogP contribution is -2.52. The number of hydrogen-bond acceptors (Lipinski definition) is 4. The fourth-order valence-corrected chi connectivity index (χ4v) is 3.77. The van der Waals surface area contributed by atoms with Crippen LogP contribution in [0.1, 0.15) is 27.2 Å². The van der Waals surface area contributed by atoms with E-state index in [9.17, 15) is 8.42 Å². The van der Waals surface area contributed by atoms with Gasteiger partial charge in [0.25, 0.3) is 0 Å². The van der Waals surface area contributed by atoms with Crippen molar-refractivity contribution in [2.45, 2.75) is 39.3 Å². The maximum absolute atomic E-state index is 11.3. The third kappa shape index (κ3) is 4.94. The molecule has 1 fully saturated rings. The highest BCUT2D eigenvalue weighted by Gasteiger charge is 2.28. The lowest BCUT2D eigenvalue weighted by Gasteiger charge is -2.40. The van der Waals surface area contributed by atoms with E-state index >= 15 is 0 Å². The van der Waals surface area contributed by atoms with Crippen LogP contribution in [0.3, 0.4) is 0 Å². The number of sulfone groups is 1. The molecule has 3 unspecified atom stereocenters. The van der Waals surface area contributed by atoms with Crippen molar-refractivity contribution < 1.29 is 8.42 Å². The van der Waals surface area contributed by atoms with Crippen molar-refractivity contribution in [3.05, 3.63) is 0 Å². The maximum atomic E-state index is 11.3. The van der Waals surface area contributed by atoms with Gasteiger partial charge in [0.15, 0.2) is 0 Å². The standard InChI is InChI=1S/C12H26N2O2S/c1-5-13-12-6-7-14(8-10(12)2)11(3)9-17(4,15)16/h10-13H,5-9H2,1-4H3. The van der Waals surface area contributed by atoms with Crippen LogP contribution in [-0.4, -0.2) is 57.0 Å². The summed E-state index contributed by atoms with van der Waals surface area (Å²) < 4.78 is 22.6. The van der Waals surface area contributed by atoms with Crippen LogP contribution in [0.2, 0.25) is 0 Å². The molecule has 5 heteroatoms. The van der Waals surface area contributed by atoms with Crippen molar-refractivity contribution >= 4 is 9.84 Å². The van der Waals surface area contributed by atoms with Gasteiger partial charge in [-0.1, -0.05) is 13.8 Å². The number of rotatable bonds is 5. The molecule has 1 heterocycles. The third-order valence-electron chi connectivity index (χ3n) is 3.57. The van der Waals surface area contributed by atoms with Crippen LogP contribution in [0.5, 0.6) is 0 Å². The normalized spacial score (nSPS) is 29.2. The molecular formula is C12H26N2O2S. The minimum atomic E-state index is -2.87. The first-order valence-electron chi connectivity index (χ1n) is 6.48. The maximum Gasteiger partial charge on any atom is 0.148 e.